The summed E-state index contributed by atoms with van der Waals surface area (Å²) in [6.07, 6.45) is 0. The molecule has 0 bridgehead atoms. The van der Waals surface area contributed by atoms with Crippen LogP contribution in [0, 0.1) is 19.7 Å². The van der Waals surface area contributed by atoms with Crippen LogP contribution in [0.5, 0.6) is 0 Å². The van der Waals surface area contributed by atoms with Gasteiger partial charge in [-0.1, -0.05) is 23.8 Å². The molecule has 144 valence electrons. The fourth-order valence-corrected chi connectivity index (χ4v) is 3.57. The topological polar surface area (TPSA) is 84.5 Å². The lowest BCUT2D eigenvalue weighted by molar-refractivity contribution is -0.123. The fourth-order valence-electron chi connectivity index (χ4n) is 2.60. The molecular formula is C20H17FN2O4S. The summed E-state index contributed by atoms with van der Waals surface area (Å²) in [6, 6.07) is 10.6. The van der Waals surface area contributed by atoms with Crippen LogP contribution in [0.15, 0.2) is 42.5 Å². The highest BCUT2D eigenvalue weighted by atomic mass is 32.1. The first-order valence-electron chi connectivity index (χ1n) is 8.37. The number of carbonyl (C=O) groups excluding carboxylic acids is 3. The number of fused-ring (bicyclic) bond motifs is 1. The van der Waals surface area contributed by atoms with E-state index in [9.17, 15) is 18.8 Å². The summed E-state index contributed by atoms with van der Waals surface area (Å²) in [5, 5.41) is 4.97. The van der Waals surface area contributed by atoms with Crippen LogP contribution < -0.4 is 10.6 Å². The minimum absolute atomic E-state index is 0.174. The predicted octanol–water partition coefficient (Wildman–Crippen LogP) is 4.16. The smallest absolute Gasteiger partial charge is 0.348 e. The molecule has 1 heterocycles. The van der Waals surface area contributed by atoms with Crippen LogP contribution in [0.3, 0.4) is 0 Å². The molecule has 6 nitrogen and oxygen atoms in total. The second-order valence-electron chi connectivity index (χ2n) is 6.16. The van der Waals surface area contributed by atoms with E-state index in [1.54, 1.807) is 18.2 Å². The third kappa shape index (κ3) is 4.52. The van der Waals surface area contributed by atoms with E-state index in [0.29, 0.717) is 15.8 Å². The average Bonchev–Trinajstić information content (AvgIpc) is 3.08. The van der Waals surface area contributed by atoms with Gasteiger partial charge < -0.3 is 10.1 Å². The fraction of sp³-hybridized carbons (Fsp3) is 0.150. The summed E-state index contributed by atoms with van der Waals surface area (Å²) < 4.78 is 19.2. The quantitative estimate of drug-likeness (QED) is 0.644. The number of imide groups is 1. The summed E-state index contributed by atoms with van der Waals surface area (Å²) in [5.74, 6) is -1.97. The van der Waals surface area contributed by atoms with Crippen molar-refractivity contribution in [2.75, 3.05) is 11.9 Å². The van der Waals surface area contributed by atoms with E-state index >= 15 is 0 Å². The Morgan fingerprint density at radius 3 is 2.61 bits per heavy atom. The Balaban J connectivity index is 1.53. The maximum absolute atomic E-state index is 13.7. The molecule has 1 aromatic heterocycles. The Hall–Kier alpha value is -3.26. The highest BCUT2D eigenvalue weighted by Gasteiger charge is 2.16. The number of urea groups is 1. The molecule has 28 heavy (non-hydrogen) atoms. The van der Waals surface area contributed by atoms with Gasteiger partial charge in [0.05, 0.1) is 0 Å². The summed E-state index contributed by atoms with van der Waals surface area (Å²) in [6.45, 7) is 3.13. The van der Waals surface area contributed by atoms with Gasteiger partial charge in [-0.15, -0.1) is 11.3 Å². The molecule has 0 radical (unpaired) electrons. The van der Waals surface area contributed by atoms with Crippen molar-refractivity contribution < 1.29 is 23.5 Å². The van der Waals surface area contributed by atoms with Crippen molar-refractivity contribution >= 4 is 45.0 Å². The average molecular weight is 400 g/mol. The summed E-state index contributed by atoms with van der Waals surface area (Å²) in [5.41, 5.74) is 2.47. The Bertz CT molecular complexity index is 1080. The van der Waals surface area contributed by atoms with Crippen LogP contribution >= 0.6 is 11.3 Å². The first kappa shape index (κ1) is 19.5. The van der Waals surface area contributed by atoms with E-state index in [4.69, 9.17) is 4.74 Å². The van der Waals surface area contributed by atoms with Crippen molar-refractivity contribution in [1.29, 1.82) is 0 Å². The van der Waals surface area contributed by atoms with E-state index < -0.39 is 30.3 Å². The molecule has 0 fully saturated rings. The molecule has 0 atom stereocenters. The summed E-state index contributed by atoms with van der Waals surface area (Å²) in [4.78, 5) is 36.0. The SMILES string of the molecule is Cc1ccc(NC(=O)NC(=O)COC(=O)c2cc3c(F)cccc3s2)c(C)c1. The number of anilines is 1. The van der Waals surface area contributed by atoms with Gasteiger partial charge in [0.15, 0.2) is 6.61 Å². The molecular weight excluding hydrogens is 383 g/mol. The van der Waals surface area contributed by atoms with Gasteiger partial charge in [-0.25, -0.2) is 14.0 Å². The van der Waals surface area contributed by atoms with E-state index in [-0.39, 0.29) is 4.88 Å². The molecule has 0 unspecified atom stereocenters. The number of benzene rings is 2. The maximum atomic E-state index is 13.7. The Morgan fingerprint density at radius 2 is 1.89 bits per heavy atom. The number of hydrogen-bond acceptors (Lipinski definition) is 5. The third-order valence-electron chi connectivity index (χ3n) is 3.93. The van der Waals surface area contributed by atoms with Crippen LogP contribution in [0.2, 0.25) is 0 Å². The van der Waals surface area contributed by atoms with E-state index in [1.165, 1.54) is 12.1 Å². The van der Waals surface area contributed by atoms with Crippen LogP contribution in [0.25, 0.3) is 10.1 Å². The van der Waals surface area contributed by atoms with Gasteiger partial charge in [-0.3, -0.25) is 10.1 Å². The number of rotatable bonds is 4. The van der Waals surface area contributed by atoms with Crippen LogP contribution in [0.4, 0.5) is 14.9 Å². The van der Waals surface area contributed by atoms with Gasteiger partial charge in [0.25, 0.3) is 5.91 Å². The molecule has 0 aliphatic carbocycles. The van der Waals surface area contributed by atoms with Crippen molar-refractivity contribution in [2.24, 2.45) is 0 Å². The first-order chi connectivity index (χ1) is 13.3. The third-order valence-corrected chi connectivity index (χ3v) is 5.01. The Labute approximate surface area is 164 Å². The van der Waals surface area contributed by atoms with E-state index in [0.717, 1.165) is 22.5 Å². The Kier molecular flexibility index (Phi) is 5.70. The molecule has 0 spiro atoms. The van der Waals surface area contributed by atoms with Gasteiger partial charge in [-0.05, 0) is 43.7 Å². The molecule has 2 aromatic carbocycles. The zero-order valence-corrected chi connectivity index (χ0v) is 16.0. The second-order valence-corrected chi connectivity index (χ2v) is 7.24. The van der Waals surface area contributed by atoms with Crippen LogP contribution in [-0.2, 0) is 9.53 Å². The number of amides is 3. The lowest BCUT2D eigenvalue weighted by Crippen LogP contribution is -2.37. The van der Waals surface area contributed by atoms with Crippen LogP contribution in [0.1, 0.15) is 20.8 Å². The summed E-state index contributed by atoms with van der Waals surface area (Å²) >= 11 is 1.06. The highest BCUT2D eigenvalue weighted by Crippen LogP contribution is 2.28. The molecule has 2 N–H and O–H groups in total. The normalized spacial score (nSPS) is 10.5. The first-order valence-corrected chi connectivity index (χ1v) is 9.18. The highest BCUT2D eigenvalue weighted by molar-refractivity contribution is 7.20. The molecule has 3 aromatic rings. The number of esters is 1. The zero-order valence-electron chi connectivity index (χ0n) is 15.2. The lowest BCUT2D eigenvalue weighted by Gasteiger charge is -2.10. The monoisotopic (exact) mass is 400 g/mol. The minimum Gasteiger partial charge on any atom is -0.451 e. The molecule has 3 amide bonds. The van der Waals surface area contributed by atoms with E-state index in [1.807, 2.05) is 26.0 Å². The van der Waals surface area contributed by atoms with Crippen molar-refractivity contribution in [3.63, 3.8) is 0 Å². The Morgan fingerprint density at radius 1 is 1.11 bits per heavy atom. The number of hydrogen-bond donors (Lipinski definition) is 2. The summed E-state index contributed by atoms with van der Waals surface area (Å²) in [7, 11) is 0. The van der Waals surface area contributed by atoms with Gasteiger partial charge >= 0.3 is 12.0 Å². The van der Waals surface area contributed by atoms with Gasteiger partial charge in [0.1, 0.15) is 10.7 Å². The van der Waals surface area contributed by atoms with Gasteiger partial charge in [0.2, 0.25) is 0 Å². The second kappa shape index (κ2) is 8.18. The molecule has 0 saturated carbocycles. The number of halogens is 1. The number of carbonyl (C=O) groups is 3. The van der Waals surface area contributed by atoms with Gasteiger partial charge in [0, 0.05) is 15.8 Å². The molecule has 0 aliphatic heterocycles. The largest absolute Gasteiger partial charge is 0.451 e. The molecule has 0 aliphatic rings. The number of nitrogens with one attached hydrogen (secondary N) is 2. The number of ether oxygens (including phenoxy) is 1. The standard InChI is InChI=1S/C20H17FN2O4S/c1-11-6-7-15(12(2)8-11)22-20(26)23-18(24)10-27-19(25)17-9-13-14(21)4-3-5-16(13)28-17/h3-9H,10H2,1-2H3,(H2,22,23,24,26). The number of thiophene rings is 1. The minimum atomic E-state index is -0.775. The number of aryl methyl sites for hydroxylation is 2. The van der Waals surface area contributed by atoms with Crippen LogP contribution in [-0.4, -0.2) is 24.5 Å². The van der Waals surface area contributed by atoms with Crippen molar-refractivity contribution in [3.8, 4) is 0 Å². The molecule has 0 saturated heterocycles. The van der Waals surface area contributed by atoms with Crippen molar-refractivity contribution in [2.45, 2.75) is 13.8 Å². The lowest BCUT2D eigenvalue weighted by atomic mass is 10.1. The van der Waals surface area contributed by atoms with Crippen molar-refractivity contribution in [1.82, 2.24) is 5.32 Å². The van der Waals surface area contributed by atoms with Crippen molar-refractivity contribution in [3.05, 3.63) is 64.3 Å². The predicted molar refractivity (Wildman–Crippen MR) is 105 cm³/mol. The maximum Gasteiger partial charge on any atom is 0.348 e. The van der Waals surface area contributed by atoms with E-state index in [2.05, 4.69) is 10.6 Å². The molecule has 8 heteroatoms. The molecule has 3 rings (SSSR count). The zero-order chi connectivity index (χ0) is 20.3. The van der Waals surface area contributed by atoms with Gasteiger partial charge in [-0.2, -0.15) is 0 Å².